The molecule has 0 bridgehead atoms. The fraction of sp³-hybridized carbons (Fsp3) is 0.368. The molecule has 138 valence electrons. The first-order valence-corrected chi connectivity index (χ1v) is 10.3. The van der Waals surface area contributed by atoms with Crippen molar-refractivity contribution in [1.82, 2.24) is 4.90 Å². The van der Waals surface area contributed by atoms with Crippen LogP contribution in [0.15, 0.2) is 52.1 Å². The molecule has 26 heavy (non-hydrogen) atoms. The Bertz CT molecular complexity index is 925. The predicted octanol–water partition coefficient (Wildman–Crippen LogP) is 2.43. The largest absolute Gasteiger partial charge is 0.478 e. The molecule has 3 rings (SSSR count). The van der Waals surface area contributed by atoms with E-state index in [-0.39, 0.29) is 10.7 Å². The van der Waals surface area contributed by atoms with E-state index in [2.05, 4.69) is 0 Å². The van der Waals surface area contributed by atoms with Crippen LogP contribution in [0, 0.1) is 0 Å². The molecule has 0 fully saturated rings. The number of carboxylic acids is 1. The molecule has 1 atom stereocenters. The number of carbonyl (C=O) groups excluding carboxylic acids is 1. The molecule has 0 aromatic heterocycles. The van der Waals surface area contributed by atoms with Crippen LogP contribution in [0.2, 0.25) is 0 Å². The first kappa shape index (κ1) is 18.4. The smallest absolute Gasteiger partial charge is 0.333 e. The van der Waals surface area contributed by atoms with Crippen LogP contribution in [0.1, 0.15) is 36.5 Å². The number of fused-ring (bicyclic) bond motifs is 1. The molecule has 1 unspecified atom stereocenters. The lowest BCUT2D eigenvalue weighted by Crippen LogP contribution is -2.38. The van der Waals surface area contributed by atoms with Crippen molar-refractivity contribution in [1.29, 1.82) is 0 Å². The Balaban J connectivity index is 1.96. The maximum absolute atomic E-state index is 13.1. The molecule has 2 heterocycles. The van der Waals surface area contributed by atoms with Gasteiger partial charge in [-0.3, -0.25) is 4.79 Å². The summed E-state index contributed by atoms with van der Waals surface area (Å²) in [7, 11) is -3.32. The van der Waals surface area contributed by atoms with Crippen molar-refractivity contribution >= 4 is 21.6 Å². The highest BCUT2D eigenvalue weighted by molar-refractivity contribution is 7.90. The zero-order chi connectivity index (χ0) is 19.1. The summed E-state index contributed by atoms with van der Waals surface area (Å²) in [4.78, 5) is 26.7. The quantitative estimate of drug-likeness (QED) is 0.813. The summed E-state index contributed by atoms with van der Waals surface area (Å²) in [6, 6.07) is 5.35. The Morgan fingerprint density at radius 1 is 1.15 bits per heavy atom. The van der Waals surface area contributed by atoms with Crippen LogP contribution in [0.25, 0.3) is 0 Å². The number of sulfone groups is 1. The monoisotopic (exact) mass is 375 g/mol. The molecular weight excluding hydrogens is 354 g/mol. The van der Waals surface area contributed by atoms with E-state index in [1.807, 2.05) is 11.8 Å². The second-order valence-corrected chi connectivity index (χ2v) is 8.79. The van der Waals surface area contributed by atoms with Crippen molar-refractivity contribution in [2.24, 2.45) is 0 Å². The summed E-state index contributed by atoms with van der Waals surface area (Å²) < 4.78 is 23.2. The number of nitrogens with zero attached hydrogens (tertiary/aromatic N) is 1. The summed E-state index contributed by atoms with van der Waals surface area (Å²) in [5, 5.41) is 9.49. The number of allylic oxidation sites excluding steroid dienone is 1. The molecule has 0 aliphatic carbocycles. The van der Waals surface area contributed by atoms with Crippen LogP contribution >= 0.6 is 0 Å². The van der Waals surface area contributed by atoms with E-state index < -0.39 is 21.8 Å². The number of Topliss-reactive ketones (excluding diaryl/α,β-unsaturated/α-hetero) is 1. The Kier molecular flexibility index (Phi) is 4.75. The fourth-order valence-corrected chi connectivity index (χ4v) is 4.20. The topological polar surface area (TPSA) is 91.8 Å². The van der Waals surface area contributed by atoms with E-state index in [0.717, 1.165) is 24.7 Å². The third-order valence-electron chi connectivity index (χ3n) is 4.88. The lowest BCUT2D eigenvalue weighted by molar-refractivity contribution is -0.132. The lowest BCUT2D eigenvalue weighted by atomic mass is 9.99. The van der Waals surface area contributed by atoms with E-state index >= 15 is 0 Å². The Morgan fingerprint density at radius 3 is 2.38 bits per heavy atom. The third kappa shape index (κ3) is 3.31. The van der Waals surface area contributed by atoms with Crippen molar-refractivity contribution in [2.45, 2.75) is 37.1 Å². The van der Waals surface area contributed by atoms with Gasteiger partial charge < -0.3 is 10.0 Å². The predicted molar refractivity (Wildman–Crippen MR) is 96.6 cm³/mol. The number of benzene rings is 1. The molecule has 2 aliphatic rings. The molecule has 1 aromatic carbocycles. The van der Waals surface area contributed by atoms with Gasteiger partial charge in [-0.15, -0.1) is 0 Å². The highest BCUT2D eigenvalue weighted by Gasteiger charge is 2.37. The van der Waals surface area contributed by atoms with Crippen LogP contribution in [-0.4, -0.2) is 49.0 Å². The lowest BCUT2D eigenvalue weighted by Gasteiger charge is -2.28. The van der Waals surface area contributed by atoms with Gasteiger partial charge >= 0.3 is 5.97 Å². The van der Waals surface area contributed by atoms with Gasteiger partial charge in [0.05, 0.1) is 10.5 Å². The van der Waals surface area contributed by atoms with Gasteiger partial charge in [-0.05, 0) is 50.0 Å². The van der Waals surface area contributed by atoms with E-state index in [9.17, 15) is 23.1 Å². The maximum Gasteiger partial charge on any atom is 0.333 e. The first-order chi connectivity index (χ1) is 12.2. The summed E-state index contributed by atoms with van der Waals surface area (Å²) in [6.45, 7) is 2.45. The van der Waals surface area contributed by atoms with Gasteiger partial charge in [0.1, 0.15) is 6.04 Å². The van der Waals surface area contributed by atoms with Gasteiger partial charge in [0.15, 0.2) is 15.6 Å². The number of ketones is 1. The van der Waals surface area contributed by atoms with Gasteiger partial charge in [-0.1, -0.05) is 12.1 Å². The minimum absolute atomic E-state index is 0.152. The van der Waals surface area contributed by atoms with E-state index in [1.165, 1.54) is 24.3 Å². The van der Waals surface area contributed by atoms with Crippen LogP contribution in [0.5, 0.6) is 0 Å². The van der Waals surface area contributed by atoms with Crippen molar-refractivity contribution in [3.05, 3.63) is 52.7 Å². The molecule has 1 N–H and O–H groups in total. The van der Waals surface area contributed by atoms with Gasteiger partial charge in [0.2, 0.25) is 0 Å². The molecular formula is C19H21NO5S. The number of aliphatic carboxylic acids is 1. The molecule has 6 nitrogen and oxygen atoms in total. The van der Waals surface area contributed by atoms with Crippen molar-refractivity contribution < 1.29 is 23.1 Å². The number of hydrogen-bond acceptors (Lipinski definition) is 5. The summed E-state index contributed by atoms with van der Waals surface area (Å²) in [5.41, 5.74) is 2.19. The average Bonchev–Trinajstić information content (AvgIpc) is 2.75. The molecule has 1 aromatic rings. The van der Waals surface area contributed by atoms with Gasteiger partial charge in [-0.2, -0.15) is 0 Å². The molecule has 0 amide bonds. The van der Waals surface area contributed by atoms with Gasteiger partial charge in [-0.25, -0.2) is 13.2 Å². The average molecular weight is 375 g/mol. The molecule has 0 saturated carbocycles. The van der Waals surface area contributed by atoms with Gasteiger partial charge in [0, 0.05) is 24.1 Å². The zero-order valence-electron chi connectivity index (χ0n) is 14.7. The van der Waals surface area contributed by atoms with Crippen LogP contribution in [0.4, 0.5) is 0 Å². The Labute approximate surface area is 152 Å². The first-order valence-electron chi connectivity index (χ1n) is 8.46. The van der Waals surface area contributed by atoms with Crippen LogP contribution < -0.4 is 0 Å². The van der Waals surface area contributed by atoms with Crippen LogP contribution in [-0.2, 0) is 14.6 Å². The second kappa shape index (κ2) is 6.72. The zero-order valence-corrected chi connectivity index (χ0v) is 15.5. The second-order valence-electron chi connectivity index (χ2n) is 6.77. The molecule has 0 spiro atoms. The fourth-order valence-electron chi connectivity index (χ4n) is 3.57. The molecule has 7 heteroatoms. The molecule has 2 aliphatic heterocycles. The third-order valence-corrected chi connectivity index (χ3v) is 6.00. The SMILES string of the molecule is CC1=CC2=C(C(=O)O)CCCCN2C1C(=O)c1ccc(S(C)(=O)=O)cc1. The van der Waals surface area contributed by atoms with Gasteiger partial charge in [0.25, 0.3) is 0 Å². The highest BCUT2D eigenvalue weighted by atomic mass is 32.2. The highest BCUT2D eigenvalue weighted by Crippen LogP contribution is 2.35. The number of rotatable bonds is 4. The minimum atomic E-state index is -3.32. The molecule has 0 radical (unpaired) electrons. The Hall–Kier alpha value is -2.41. The van der Waals surface area contributed by atoms with Crippen LogP contribution in [0.3, 0.4) is 0 Å². The van der Waals surface area contributed by atoms with E-state index in [0.29, 0.717) is 29.8 Å². The Morgan fingerprint density at radius 2 is 1.81 bits per heavy atom. The number of carbonyl (C=O) groups is 2. The van der Waals surface area contributed by atoms with E-state index in [4.69, 9.17) is 0 Å². The maximum atomic E-state index is 13.1. The van der Waals surface area contributed by atoms with Crippen molar-refractivity contribution in [3.8, 4) is 0 Å². The number of hydrogen-bond donors (Lipinski definition) is 1. The summed E-state index contributed by atoms with van der Waals surface area (Å²) in [6.07, 6.45) is 5.00. The summed E-state index contributed by atoms with van der Waals surface area (Å²) in [5.74, 6) is -1.10. The normalized spacial score (nSPS) is 20.5. The number of carboxylic acid groups (broad SMARTS) is 1. The summed E-state index contributed by atoms with van der Waals surface area (Å²) >= 11 is 0. The van der Waals surface area contributed by atoms with Crippen molar-refractivity contribution in [2.75, 3.05) is 12.8 Å². The van der Waals surface area contributed by atoms with Crippen molar-refractivity contribution in [3.63, 3.8) is 0 Å². The van der Waals surface area contributed by atoms with E-state index in [1.54, 1.807) is 6.08 Å². The molecule has 0 saturated heterocycles. The standard InChI is InChI=1S/C19H21NO5S/c1-12-11-16-15(19(22)23)5-3-4-10-20(16)17(12)18(21)13-6-8-14(9-7-13)26(2,24)25/h6-9,11,17H,3-5,10H2,1-2H3,(H,22,23). The minimum Gasteiger partial charge on any atom is -0.478 e.